The number of hydrogen-bond donors (Lipinski definition) is 0. The van der Waals surface area contributed by atoms with E-state index in [0.717, 1.165) is 16.7 Å². The molecule has 1 radical (unpaired) electrons. The lowest BCUT2D eigenvalue weighted by Crippen LogP contribution is -1.93. The number of benzene rings is 1. The van der Waals surface area contributed by atoms with Gasteiger partial charge in [0.1, 0.15) is 0 Å². The van der Waals surface area contributed by atoms with Crippen molar-refractivity contribution in [2.24, 2.45) is 0 Å². The van der Waals surface area contributed by atoms with E-state index in [1.165, 1.54) is 0 Å². The highest BCUT2D eigenvalue weighted by Gasteiger charge is 2.08. The second-order valence-corrected chi connectivity index (χ2v) is 3.77. The van der Waals surface area contributed by atoms with Crippen LogP contribution in [0.1, 0.15) is 5.56 Å². The van der Waals surface area contributed by atoms with Crippen molar-refractivity contribution in [1.82, 2.24) is 4.98 Å². The molecule has 0 N–H and O–H groups in total. The summed E-state index contributed by atoms with van der Waals surface area (Å²) in [5.41, 5.74) is 2.56. The number of rotatable bonds is 3. The summed E-state index contributed by atoms with van der Waals surface area (Å²) in [7, 11) is 0. The number of aromatic nitrogens is 1. The molecule has 0 aliphatic carbocycles. The third-order valence-electron chi connectivity index (χ3n) is 2.35. The van der Waals surface area contributed by atoms with Crippen molar-refractivity contribution in [1.29, 1.82) is 0 Å². The monoisotopic (exact) mass is 234 g/mol. The summed E-state index contributed by atoms with van der Waals surface area (Å²) < 4.78 is 12.4. The predicted molar refractivity (Wildman–Crippen MR) is 63.2 cm³/mol. The van der Waals surface area contributed by atoms with Crippen LogP contribution in [-0.2, 0) is 6.42 Å². The minimum atomic E-state index is -0.417. The molecule has 1 aromatic heterocycles. The van der Waals surface area contributed by atoms with Gasteiger partial charge in [0.05, 0.1) is 12.9 Å². The Morgan fingerprint density at radius 1 is 1.19 bits per heavy atom. The van der Waals surface area contributed by atoms with Gasteiger partial charge in [-0.25, -0.2) is 0 Å². The van der Waals surface area contributed by atoms with Gasteiger partial charge in [-0.15, -0.1) is 0 Å². The second-order valence-electron chi connectivity index (χ2n) is 3.37. The Morgan fingerprint density at radius 2 is 2.00 bits per heavy atom. The molecular formula is C13H10ClFN. The molecule has 0 saturated carbocycles. The van der Waals surface area contributed by atoms with Gasteiger partial charge in [0.15, 0.2) is 0 Å². The molecule has 0 unspecified atom stereocenters. The fourth-order valence-corrected chi connectivity index (χ4v) is 1.84. The lowest BCUT2D eigenvalue weighted by molar-refractivity contribution is 0.495. The van der Waals surface area contributed by atoms with E-state index in [9.17, 15) is 4.39 Å². The molecule has 0 bridgehead atoms. The molecule has 1 heterocycles. The Hall–Kier alpha value is -1.41. The van der Waals surface area contributed by atoms with Gasteiger partial charge in [0.25, 0.3) is 0 Å². The average Bonchev–Trinajstić information content (AvgIpc) is 2.31. The first-order valence-corrected chi connectivity index (χ1v) is 5.37. The molecule has 0 aliphatic rings. The van der Waals surface area contributed by atoms with Gasteiger partial charge in [0.2, 0.25) is 0 Å². The summed E-state index contributed by atoms with van der Waals surface area (Å²) in [6, 6.07) is 9.33. The molecule has 81 valence electrons. The Balaban J connectivity index is 2.51. The number of halogens is 2. The van der Waals surface area contributed by atoms with Crippen LogP contribution >= 0.6 is 11.6 Å². The van der Waals surface area contributed by atoms with Gasteiger partial charge in [-0.1, -0.05) is 29.8 Å². The van der Waals surface area contributed by atoms with Crippen LogP contribution in [0.25, 0.3) is 11.1 Å². The third-order valence-corrected chi connectivity index (χ3v) is 2.68. The minimum absolute atomic E-state index is 0.314. The summed E-state index contributed by atoms with van der Waals surface area (Å²) in [4.78, 5) is 3.88. The molecule has 0 saturated heterocycles. The normalized spacial score (nSPS) is 10.4. The van der Waals surface area contributed by atoms with Gasteiger partial charge in [-0.05, 0) is 23.3 Å². The number of aryl methyl sites for hydroxylation is 1. The van der Waals surface area contributed by atoms with Crippen molar-refractivity contribution < 1.29 is 4.39 Å². The highest BCUT2D eigenvalue weighted by atomic mass is 35.5. The number of hydrogen-bond acceptors (Lipinski definition) is 1. The minimum Gasteiger partial charge on any atom is -0.254 e. The largest absolute Gasteiger partial charge is 0.254 e. The van der Waals surface area contributed by atoms with Crippen LogP contribution in [0.3, 0.4) is 0 Å². The first-order chi connectivity index (χ1) is 7.83. The van der Waals surface area contributed by atoms with Crippen LogP contribution in [0, 0.1) is 6.20 Å². The van der Waals surface area contributed by atoms with Gasteiger partial charge in [-0.3, -0.25) is 9.37 Å². The van der Waals surface area contributed by atoms with Gasteiger partial charge in [0, 0.05) is 23.2 Å². The first kappa shape index (κ1) is 11.1. The lowest BCUT2D eigenvalue weighted by atomic mass is 10.0. The zero-order chi connectivity index (χ0) is 11.4. The third kappa shape index (κ3) is 2.22. The summed E-state index contributed by atoms with van der Waals surface area (Å²) in [5.74, 6) is 0. The molecule has 1 nitrogen and oxygen atoms in total. The Labute approximate surface area is 98.9 Å². The van der Waals surface area contributed by atoms with Crippen LogP contribution in [0.5, 0.6) is 0 Å². The Kier molecular flexibility index (Phi) is 3.52. The van der Waals surface area contributed by atoms with Crippen LogP contribution < -0.4 is 0 Å². The van der Waals surface area contributed by atoms with Crippen molar-refractivity contribution in [3.8, 4) is 11.1 Å². The zero-order valence-corrected chi connectivity index (χ0v) is 9.34. The molecule has 0 aliphatic heterocycles. The van der Waals surface area contributed by atoms with Crippen LogP contribution in [0.2, 0.25) is 5.02 Å². The van der Waals surface area contributed by atoms with Crippen molar-refractivity contribution in [2.45, 2.75) is 6.42 Å². The maximum Gasteiger partial charge on any atom is 0.0935 e. The van der Waals surface area contributed by atoms with E-state index in [1.807, 2.05) is 30.3 Å². The zero-order valence-electron chi connectivity index (χ0n) is 8.58. The smallest absolute Gasteiger partial charge is 0.0935 e. The number of pyridine rings is 1. The van der Waals surface area contributed by atoms with Gasteiger partial charge < -0.3 is 0 Å². The quantitative estimate of drug-likeness (QED) is 0.789. The topological polar surface area (TPSA) is 12.9 Å². The lowest BCUT2D eigenvalue weighted by Gasteiger charge is -2.08. The van der Waals surface area contributed by atoms with Crippen molar-refractivity contribution in [3.63, 3.8) is 0 Å². The summed E-state index contributed by atoms with van der Waals surface area (Å²) in [6.45, 7) is -0.417. The van der Waals surface area contributed by atoms with E-state index < -0.39 is 6.67 Å². The van der Waals surface area contributed by atoms with Gasteiger partial charge in [-0.2, -0.15) is 0 Å². The summed E-state index contributed by atoms with van der Waals surface area (Å²) in [5, 5.41) is 0.655. The van der Waals surface area contributed by atoms with Crippen molar-refractivity contribution >= 4 is 11.6 Å². The Morgan fingerprint density at radius 3 is 2.75 bits per heavy atom. The molecule has 0 amide bonds. The molecule has 1 aromatic carbocycles. The Bertz CT molecular complexity index is 485. The second kappa shape index (κ2) is 5.08. The molecular weight excluding hydrogens is 225 g/mol. The SMILES string of the molecule is FCCc1[c]nccc1-c1ccccc1Cl. The molecule has 0 spiro atoms. The summed E-state index contributed by atoms with van der Waals surface area (Å²) >= 11 is 6.10. The van der Waals surface area contributed by atoms with Crippen LogP contribution in [-0.4, -0.2) is 11.7 Å². The van der Waals surface area contributed by atoms with Crippen molar-refractivity contribution in [2.75, 3.05) is 6.67 Å². The fraction of sp³-hybridized carbons (Fsp3) is 0.154. The summed E-state index contributed by atoms with van der Waals surface area (Å²) in [6.07, 6.45) is 4.77. The molecule has 3 heteroatoms. The maximum absolute atomic E-state index is 12.4. The van der Waals surface area contributed by atoms with Crippen molar-refractivity contribution in [3.05, 3.63) is 53.3 Å². The van der Waals surface area contributed by atoms with E-state index in [2.05, 4.69) is 11.2 Å². The first-order valence-electron chi connectivity index (χ1n) is 4.99. The highest BCUT2D eigenvalue weighted by Crippen LogP contribution is 2.29. The molecule has 2 rings (SSSR count). The average molecular weight is 235 g/mol. The highest BCUT2D eigenvalue weighted by molar-refractivity contribution is 6.33. The van der Waals surface area contributed by atoms with Crippen LogP contribution in [0.15, 0.2) is 36.5 Å². The van der Waals surface area contributed by atoms with E-state index in [4.69, 9.17) is 11.6 Å². The fourth-order valence-electron chi connectivity index (χ4n) is 1.60. The molecule has 0 fully saturated rings. The van der Waals surface area contributed by atoms with E-state index in [1.54, 1.807) is 6.20 Å². The maximum atomic E-state index is 12.4. The van der Waals surface area contributed by atoms with Gasteiger partial charge >= 0.3 is 0 Å². The van der Waals surface area contributed by atoms with Crippen LogP contribution in [0.4, 0.5) is 4.39 Å². The van der Waals surface area contributed by atoms with E-state index >= 15 is 0 Å². The van der Waals surface area contributed by atoms with E-state index in [0.29, 0.717) is 11.4 Å². The molecule has 2 aromatic rings. The van der Waals surface area contributed by atoms with E-state index in [-0.39, 0.29) is 0 Å². The number of alkyl halides is 1. The molecule has 16 heavy (non-hydrogen) atoms. The standard InChI is InChI=1S/C13H10ClFN/c14-13-4-2-1-3-12(13)11-6-8-16-9-10(11)5-7-15/h1-4,6,8H,5,7H2. The predicted octanol–water partition coefficient (Wildman–Crippen LogP) is 3.71. The molecule has 0 atom stereocenters. The number of nitrogens with zero attached hydrogens (tertiary/aromatic N) is 1.